The molecule has 0 bridgehead atoms. The Kier molecular flexibility index (Phi) is 5.23. The van der Waals surface area contributed by atoms with Crippen molar-refractivity contribution in [3.05, 3.63) is 65.1 Å². The van der Waals surface area contributed by atoms with Gasteiger partial charge in [0.2, 0.25) is 0 Å². The number of anilines is 1. The summed E-state index contributed by atoms with van der Waals surface area (Å²) < 4.78 is 19.6. The molecule has 4 atom stereocenters. The standard InChI is InChI=1S/C21H25N3O3S/c1-13-14(2)24-10-9-16-18(21(24)22-13)23-17(15-7-5-4-6-8-15)19(25)20(16)27-11-12-28(3)26/h4-10,17,19-20,23,25H,11-12H2,1-3H3. The topological polar surface area (TPSA) is 75.9 Å². The number of hydrogen-bond donors (Lipinski definition) is 2. The molecule has 3 heterocycles. The van der Waals surface area contributed by atoms with Crippen LogP contribution in [0, 0.1) is 13.8 Å². The molecule has 0 saturated carbocycles. The second-order valence-corrected chi connectivity index (χ2v) is 8.77. The summed E-state index contributed by atoms with van der Waals surface area (Å²) in [5, 5.41) is 14.6. The molecular formula is C21H25N3O3S. The van der Waals surface area contributed by atoms with Crippen molar-refractivity contribution in [2.75, 3.05) is 23.9 Å². The highest BCUT2D eigenvalue weighted by Crippen LogP contribution is 2.43. The van der Waals surface area contributed by atoms with E-state index in [1.165, 1.54) is 0 Å². The lowest BCUT2D eigenvalue weighted by Gasteiger charge is -2.38. The van der Waals surface area contributed by atoms with Crippen LogP contribution in [0.4, 0.5) is 5.69 Å². The van der Waals surface area contributed by atoms with Crippen LogP contribution in [0.15, 0.2) is 42.6 Å². The van der Waals surface area contributed by atoms with Crippen molar-refractivity contribution in [3.63, 3.8) is 0 Å². The number of ether oxygens (including phenoxy) is 1. The van der Waals surface area contributed by atoms with Crippen LogP contribution in [-0.2, 0) is 15.5 Å². The predicted octanol–water partition coefficient (Wildman–Crippen LogP) is 2.92. The van der Waals surface area contributed by atoms with E-state index in [0.717, 1.165) is 33.8 Å². The Balaban J connectivity index is 1.80. The first-order valence-electron chi connectivity index (χ1n) is 9.36. The van der Waals surface area contributed by atoms with Crippen LogP contribution >= 0.6 is 0 Å². The van der Waals surface area contributed by atoms with Gasteiger partial charge in [0, 0.05) is 40.3 Å². The number of imidazole rings is 1. The molecular weight excluding hydrogens is 374 g/mol. The molecule has 0 radical (unpaired) electrons. The van der Waals surface area contributed by atoms with E-state index in [2.05, 4.69) is 9.72 Å². The van der Waals surface area contributed by atoms with Crippen molar-refractivity contribution in [3.8, 4) is 0 Å². The number of pyridine rings is 1. The number of aliphatic hydroxyl groups is 1. The molecule has 2 aromatic heterocycles. The number of benzene rings is 1. The van der Waals surface area contributed by atoms with Crippen LogP contribution in [0.2, 0.25) is 0 Å². The number of rotatable bonds is 5. The summed E-state index contributed by atoms with van der Waals surface area (Å²) in [4.78, 5) is 4.74. The minimum atomic E-state index is -0.944. The molecule has 0 saturated heterocycles. The normalized spacial score (nSPS) is 22.6. The summed E-state index contributed by atoms with van der Waals surface area (Å²) in [5.74, 6) is 0.436. The van der Waals surface area contributed by atoms with E-state index in [0.29, 0.717) is 12.4 Å². The molecule has 0 fully saturated rings. The van der Waals surface area contributed by atoms with Gasteiger partial charge in [-0.2, -0.15) is 0 Å². The highest BCUT2D eigenvalue weighted by atomic mass is 32.2. The molecule has 2 N–H and O–H groups in total. The van der Waals surface area contributed by atoms with E-state index in [-0.39, 0.29) is 6.04 Å². The lowest BCUT2D eigenvalue weighted by molar-refractivity contribution is -0.0454. The van der Waals surface area contributed by atoms with Gasteiger partial charge in [0.1, 0.15) is 12.2 Å². The van der Waals surface area contributed by atoms with Gasteiger partial charge in [-0.25, -0.2) is 4.98 Å². The van der Waals surface area contributed by atoms with Crippen LogP contribution < -0.4 is 5.32 Å². The van der Waals surface area contributed by atoms with Crippen molar-refractivity contribution >= 4 is 22.1 Å². The van der Waals surface area contributed by atoms with Gasteiger partial charge in [0.15, 0.2) is 5.65 Å². The molecule has 0 spiro atoms. The second-order valence-electron chi connectivity index (χ2n) is 7.21. The van der Waals surface area contributed by atoms with Crippen LogP contribution in [-0.4, -0.2) is 43.4 Å². The van der Waals surface area contributed by atoms with E-state index in [9.17, 15) is 9.32 Å². The zero-order chi connectivity index (χ0) is 19.8. The van der Waals surface area contributed by atoms with Crippen molar-refractivity contribution in [2.24, 2.45) is 0 Å². The third-order valence-electron chi connectivity index (χ3n) is 5.39. The predicted molar refractivity (Wildman–Crippen MR) is 111 cm³/mol. The van der Waals surface area contributed by atoms with Crippen LogP contribution in [0.25, 0.3) is 5.65 Å². The van der Waals surface area contributed by atoms with Gasteiger partial charge >= 0.3 is 0 Å². The number of hydrogen-bond acceptors (Lipinski definition) is 5. The van der Waals surface area contributed by atoms with Gasteiger partial charge < -0.3 is 19.6 Å². The molecule has 1 aliphatic heterocycles. The summed E-state index contributed by atoms with van der Waals surface area (Å²) in [6.07, 6.45) is 2.32. The lowest BCUT2D eigenvalue weighted by Crippen LogP contribution is -2.38. The van der Waals surface area contributed by atoms with Gasteiger partial charge in [-0.05, 0) is 25.5 Å². The maximum atomic E-state index is 11.5. The Hall–Kier alpha value is -2.22. The fourth-order valence-electron chi connectivity index (χ4n) is 3.76. The van der Waals surface area contributed by atoms with Crippen molar-refractivity contribution in [2.45, 2.75) is 32.1 Å². The van der Waals surface area contributed by atoms with E-state index in [1.807, 2.05) is 56.4 Å². The fraction of sp³-hybridized carbons (Fsp3) is 0.381. The zero-order valence-electron chi connectivity index (χ0n) is 16.3. The Morgan fingerprint density at radius 2 is 2.00 bits per heavy atom. The smallest absolute Gasteiger partial charge is 0.161 e. The monoisotopic (exact) mass is 399 g/mol. The van der Waals surface area contributed by atoms with Gasteiger partial charge in [-0.15, -0.1) is 0 Å². The third-order valence-corrected chi connectivity index (χ3v) is 6.13. The maximum absolute atomic E-state index is 11.5. The van der Waals surface area contributed by atoms with Crippen molar-refractivity contribution in [1.29, 1.82) is 0 Å². The summed E-state index contributed by atoms with van der Waals surface area (Å²) in [7, 11) is -0.944. The molecule has 3 aromatic rings. The molecule has 0 aliphatic carbocycles. The minimum Gasteiger partial charge on any atom is -0.388 e. The maximum Gasteiger partial charge on any atom is 0.161 e. The van der Waals surface area contributed by atoms with Crippen LogP contribution in [0.1, 0.15) is 34.7 Å². The molecule has 4 rings (SSSR count). The Labute approximate surface area is 167 Å². The quantitative estimate of drug-likeness (QED) is 0.690. The van der Waals surface area contributed by atoms with Crippen LogP contribution in [0.3, 0.4) is 0 Å². The number of nitrogens with zero attached hydrogens (tertiary/aromatic N) is 2. The van der Waals surface area contributed by atoms with E-state index in [1.54, 1.807) is 6.26 Å². The molecule has 0 amide bonds. The van der Waals surface area contributed by atoms with Gasteiger partial charge in [0.05, 0.1) is 24.0 Å². The van der Waals surface area contributed by atoms with Gasteiger partial charge in [-0.1, -0.05) is 30.3 Å². The number of aromatic nitrogens is 2. The molecule has 1 aliphatic rings. The molecule has 1 aromatic carbocycles. The number of nitrogens with one attached hydrogen (secondary N) is 1. The Morgan fingerprint density at radius 1 is 1.25 bits per heavy atom. The number of aryl methyl sites for hydroxylation is 2. The van der Waals surface area contributed by atoms with E-state index >= 15 is 0 Å². The van der Waals surface area contributed by atoms with Gasteiger partial charge in [0.25, 0.3) is 0 Å². The van der Waals surface area contributed by atoms with Gasteiger partial charge in [-0.3, -0.25) is 4.21 Å². The average molecular weight is 400 g/mol. The number of aliphatic hydroxyl groups excluding tert-OH is 1. The van der Waals surface area contributed by atoms with Crippen molar-refractivity contribution < 1.29 is 14.1 Å². The Morgan fingerprint density at radius 3 is 2.71 bits per heavy atom. The fourth-order valence-corrected chi connectivity index (χ4v) is 4.09. The lowest BCUT2D eigenvalue weighted by atomic mass is 9.89. The largest absolute Gasteiger partial charge is 0.388 e. The van der Waals surface area contributed by atoms with Crippen LogP contribution in [0.5, 0.6) is 0 Å². The van der Waals surface area contributed by atoms with Crippen molar-refractivity contribution in [1.82, 2.24) is 9.38 Å². The highest BCUT2D eigenvalue weighted by Gasteiger charge is 2.38. The molecule has 7 heteroatoms. The first-order valence-corrected chi connectivity index (χ1v) is 11.1. The summed E-state index contributed by atoms with van der Waals surface area (Å²) in [6.45, 7) is 4.35. The summed E-state index contributed by atoms with van der Waals surface area (Å²) in [6, 6.07) is 11.5. The molecule has 148 valence electrons. The molecule has 4 unspecified atom stereocenters. The first kappa shape index (κ1) is 19.1. The minimum absolute atomic E-state index is 0.323. The average Bonchev–Trinajstić information content (AvgIpc) is 2.98. The van der Waals surface area contributed by atoms with E-state index in [4.69, 9.17) is 9.72 Å². The second kappa shape index (κ2) is 7.66. The summed E-state index contributed by atoms with van der Waals surface area (Å²) in [5.41, 5.74) is 5.61. The molecule has 28 heavy (non-hydrogen) atoms. The third kappa shape index (κ3) is 3.34. The zero-order valence-corrected chi connectivity index (χ0v) is 17.1. The first-order chi connectivity index (χ1) is 13.5. The SMILES string of the molecule is Cc1nc2c3c(ccn2c1C)C(OCCS(C)=O)C(O)C(c1ccccc1)N3. The number of fused-ring (bicyclic) bond motifs is 3. The molecule has 6 nitrogen and oxygen atoms in total. The van der Waals surface area contributed by atoms with E-state index < -0.39 is 23.0 Å². The highest BCUT2D eigenvalue weighted by molar-refractivity contribution is 7.84. The summed E-state index contributed by atoms with van der Waals surface area (Å²) >= 11 is 0. The Bertz CT molecular complexity index is 1020.